The summed E-state index contributed by atoms with van der Waals surface area (Å²) >= 11 is 16.2. The molecule has 0 atom stereocenters. The first kappa shape index (κ1) is 15.3. The number of hydrogen-bond acceptors (Lipinski definition) is 4. The van der Waals surface area contributed by atoms with Gasteiger partial charge in [-0.15, -0.1) is 0 Å². The lowest BCUT2D eigenvalue weighted by molar-refractivity contribution is 0.181. The zero-order chi connectivity index (χ0) is 14.0. The Bertz CT molecular complexity index is 624. The first-order valence-electron chi connectivity index (χ1n) is 5.05. The van der Waals surface area contributed by atoms with Crippen molar-refractivity contribution in [2.24, 2.45) is 0 Å². The van der Waals surface area contributed by atoms with E-state index in [2.05, 4.69) is 62.7 Å². The molecule has 0 bridgehead atoms. The number of rotatable bonds is 3. The van der Waals surface area contributed by atoms with Crippen LogP contribution in [-0.2, 0) is 11.3 Å². The Balaban J connectivity index is 2.56. The van der Waals surface area contributed by atoms with Gasteiger partial charge in [0.1, 0.15) is 10.8 Å². The highest BCUT2D eigenvalue weighted by Crippen LogP contribution is 2.30. The molecule has 0 radical (unpaired) electrons. The van der Waals surface area contributed by atoms with E-state index in [0.717, 1.165) is 8.95 Å². The Labute approximate surface area is 140 Å². The number of ether oxygens (including phenoxy) is 1. The van der Waals surface area contributed by atoms with Gasteiger partial charge in [0, 0.05) is 22.3 Å². The van der Waals surface area contributed by atoms with Gasteiger partial charge in [0.2, 0.25) is 0 Å². The summed E-state index contributed by atoms with van der Waals surface area (Å²) in [6.07, 6.45) is 1.68. The fourth-order valence-corrected chi connectivity index (χ4v) is 3.03. The van der Waals surface area contributed by atoms with Gasteiger partial charge in [0.05, 0.1) is 16.8 Å². The fraction of sp³-hybridized carbons (Fsp3) is 0.182. The number of nitrogens with zero attached hydrogens (tertiary/aromatic N) is 3. The van der Waals surface area contributed by atoms with E-state index >= 15 is 0 Å². The molecule has 4 nitrogen and oxygen atoms in total. The van der Waals surface area contributed by atoms with Crippen LogP contribution in [0.25, 0.3) is 11.5 Å². The van der Waals surface area contributed by atoms with Crippen molar-refractivity contribution in [3.63, 3.8) is 0 Å². The number of halogens is 4. The highest BCUT2D eigenvalue weighted by Gasteiger charge is 2.15. The van der Waals surface area contributed by atoms with Gasteiger partial charge in [-0.25, -0.2) is 9.97 Å². The fourth-order valence-electron chi connectivity index (χ4n) is 1.38. The van der Waals surface area contributed by atoms with Crippen molar-refractivity contribution < 1.29 is 4.74 Å². The van der Waals surface area contributed by atoms with Crippen LogP contribution >= 0.6 is 59.4 Å². The minimum absolute atomic E-state index is 0.327. The molecule has 0 aromatic carbocycles. The number of pyridine rings is 1. The molecule has 8 heteroatoms. The van der Waals surface area contributed by atoms with Crippen LogP contribution in [0.3, 0.4) is 0 Å². The van der Waals surface area contributed by atoms with Gasteiger partial charge in [-0.05, 0) is 53.9 Å². The average Bonchev–Trinajstić information content (AvgIpc) is 2.35. The van der Waals surface area contributed by atoms with Crippen molar-refractivity contribution in [2.75, 3.05) is 7.11 Å². The summed E-state index contributed by atoms with van der Waals surface area (Å²) in [6.45, 7) is 0.337. The van der Waals surface area contributed by atoms with Crippen LogP contribution in [0.1, 0.15) is 5.69 Å². The Morgan fingerprint density at radius 2 is 2.00 bits per heavy atom. The van der Waals surface area contributed by atoms with Crippen molar-refractivity contribution >= 4 is 59.4 Å². The minimum atomic E-state index is 0.327. The van der Waals surface area contributed by atoms with E-state index in [0.29, 0.717) is 33.4 Å². The normalized spacial score (nSPS) is 10.8. The first-order chi connectivity index (χ1) is 9.02. The molecule has 0 aliphatic carbocycles. The Morgan fingerprint density at radius 1 is 1.26 bits per heavy atom. The van der Waals surface area contributed by atoms with Crippen molar-refractivity contribution in [3.05, 3.63) is 36.5 Å². The van der Waals surface area contributed by atoms with E-state index in [1.807, 2.05) is 6.07 Å². The summed E-state index contributed by atoms with van der Waals surface area (Å²) in [5.41, 5.74) is 1.30. The number of hydrogen-bond donors (Lipinski definition) is 0. The van der Waals surface area contributed by atoms with Gasteiger partial charge < -0.3 is 4.74 Å². The Morgan fingerprint density at radius 3 is 2.63 bits per heavy atom. The molecule has 0 aliphatic heterocycles. The van der Waals surface area contributed by atoms with Crippen LogP contribution in [0.4, 0.5) is 0 Å². The zero-order valence-corrected chi connectivity index (χ0v) is 15.1. The molecule has 19 heavy (non-hydrogen) atoms. The molecule has 0 unspecified atom stereocenters. The molecule has 0 amide bonds. The van der Waals surface area contributed by atoms with Gasteiger partial charge in [-0.2, -0.15) is 0 Å². The van der Waals surface area contributed by atoms with Crippen LogP contribution in [0, 0.1) is 0 Å². The van der Waals surface area contributed by atoms with Gasteiger partial charge in [0.15, 0.2) is 5.82 Å². The average molecular weight is 472 g/mol. The second-order valence-corrected chi connectivity index (χ2v) is 6.44. The molecular formula is C11H7Br3ClN3O. The maximum Gasteiger partial charge on any atom is 0.181 e. The molecule has 0 saturated heterocycles. The van der Waals surface area contributed by atoms with Crippen LogP contribution < -0.4 is 0 Å². The van der Waals surface area contributed by atoms with E-state index in [1.54, 1.807) is 13.3 Å². The van der Waals surface area contributed by atoms with Gasteiger partial charge in [0.25, 0.3) is 0 Å². The summed E-state index contributed by atoms with van der Waals surface area (Å²) in [6, 6.07) is 1.87. The SMILES string of the molecule is COCc1nc(-c2ncc(Br)cc2Br)nc(Cl)c1Br. The van der Waals surface area contributed by atoms with Crippen molar-refractivity contribution in [1.82, 2.24) is 15.0 Å². The third-order valence-electron chi connectivity index (χ3n) is 2.18. The predicted octanol–water partition coefficient (Wildman–Crippen LogP) is 4.63. The summed E-state index contributed by atoms with van der Waals surface area (Å²) in [4.78, 5) is 12.9. The predicted molar refractivity (Wildman–Crippen MR) is 84.1 cm³/mol. The van der Waals surface area contributed by atoms with E-state index < -0.39 is 0 Å². The summed E-state index contributed by atoms with van der Waals surface area (Å²) in [7, 11) is 1.59. The molecule has 0 spiro atoms. The summed E-state index contributed by atoms with van der Waals surface area (Å²) in [5, 5.41) is 0.327. The number of methoxy groups -OCH3 is 1. The van der Waals surface area contributed by atoms with Crippen molar-refractivity contribution in [1.29, 1.82) is 0 Å². The van der Waals surface area contributed by atoms with Crippen molar-refractivity contribution in [3.8, 4) is 11.5 Å². The van der Waals surface area contributed by atoms with Gasteiger partial charge >= 0.3 is 0 Å². The van der Waals surface area contributed by atoms with Crippen LogP contribution in [0.15, 0.2) is 25.7 Å². The smallest absolute Gasteiger partial charge is 0.181 e. The molecule has 2 aromatic rings. The van der Waals surface area contributed by atoms with Crippen LogP contribution in [0.2, 0.25) is 5.15 Å². The largest absolute Gasteiger partial charge is 0.378 e. The van der Waals surface area contributed by atoms with E-state index in [-0.39, 0.29) is 0 Å². The maximum atomic E-state index is 6.08. The lowest BCUT2D eigenvalue weighted by atomic mass is 10.3. The van der Waals surface area contributed by atoms with E-state index in [4.69, 9.17) is 16.3 Å². The molecule has 0 saturated carbocycles. The second-order valence-electron chi connectivity index (χ2n) is 3.52. The molecule has 2 aromatic heterocycles. The van der Waals surface area contributed by atoms with Crippen molar-refractivity contribution in [2.45, 2.75) is 6.61 Å². The quantitative estimate of drug-likeness (QED) is 0.612. The molecule has 0 fully saturated rings. The van der Waals surface area contributed by atoms with Crippen LogP contribution in [-0.4, -0.2) is 22.1 Å². The lowest BCUT2D eigenvalue weighted by Crippen LogP contribution is -2.01. The summed E-state index contributed by atoms with van der Waals surface area (Å²) in [5.74, 6) is 0.444. The Kier molecular flexibility index (Phi) is 5.30. The Hall–Kier alpha value is -0.0800. The minimum Gasteiger partial charge on any atom is -0.378 e. The summed E-state index contributed by atoms with van der Waals surface area (Å²) < 4.78 is 7.36. The standard InChI is InChI=1S/C11H7Br3ClN3O/c1-19-4-7-8(14)10(15)18-11(17-7)9-6(13)2-5(12)3-16-9/h2-3H,4H2,1H3. The maximum absolute atomic E-state index is 6.08. The highest BCUT2D eigenvalue weighted by molar-refractivity contribution is 9.11. The zero-order valence-electron chi connectivity index (χ0n) is 9.62. The van der Waals surface area contributed by atoms with Gasteiger partial charge in [-0.1, -0.05) is 11.6 Å². The molecule has 0 aliphatic rings. The molecule has 2 rings (SSSR count). The van der Waals surface area contributed by atoms with E-state index in [1.165, 1.54) is 0 Å². The number of aromatic nitrogens is 3. The lowest BCUT2D eigenvalue weighted by Gasteiger charge is -2.08. The van der Waals surface area contributed by atoms with Gasteiger partial charge in [-0.3, -0.25) is 4.98 Å². The first-order valence-corrected chi connectivity index (χ1v) is 7.81. The highest BCUT2D eigenvalue weighted by atomic mass is 79.9. The molecular weight excluding hydrogens is 465 g/mol. The molecule has 100 valence electrons. The third-order valence-corrected chi connectivity index (χ3v) is 4.55. The van der Waals surface area contributed by atoms with E-state index in [9.17, 15) is 0 Å². The topological polar surface area (TPSA) is 47.9 Å². The molecule has 2 heterocycles. The molecule has 0 N–H and O–H groups in total. The third kappa shape index (κ3) is 3.52. The van der Waals surface area contributed by atoms with Crippen LogP contribution in [0.5, 0.6) is 0 Å². The monoisotopic (exact) mass is 469 g/mol. The second kappa shape index (κ2) is 6.58.